The summed E-state index contributed by atoms with van der Waals surface area (Å²) < 4.78 is 5.47. The smallest absolute Gasteiger partial charge is 0.233 e. The Hall–Kier alpha value is -2.89. The number of ether oxygens (including phenoxy) is 1. The van der Waals surface area contributed by atoms with E-state index in [0.29, 0.717) is 11.6 Å². The topological polar surface area (TPSA) is 93.9 Å². The number of hydrogen-bond donors (Lipinski definition) is 2. The molecule has 0 saturated carbocycles. The molecule has 0 aliphatic rings. The number of nitrogens with zero attached hydrogens (tertiary/aromatic N) is 2. The summed E-state index contributed by atoms with van der Waals surface area (Å²) in [4.78, 5) is 15.1. The molecule has 6 heteroatoms. The average Bonchev–Trinajstić information content (AvgIpc) is 2.96. The van der Waals surface area contributed by atoms with Gasteiger partial charge in [0.1, 0.15) is 5.92 Å². The second-order valence-electron chi connectivity index (χ2n) is 5.62. The highest BCUT2D eigenvalue weighted by Crippen LogP contribution is 2.26. The van der Waals surface area contributed by atoms with Crippen molar-refractivity contribution in [2.45, 2.75) is 25.9 Å². The molecule has 118 valence electrons. The van der Waals surface area contributed by atoms with Gasteiger partial charge in [-0.1, -0.05) is 12.1 Å². The van der Waals surface area contributed by atoms with Gasteiger partial charge < -0.3 is 15.5 Å². The number of primary amides is 1. The first-order chi connectivity index (χ1) is 11.0. The number of nitrogens with one attached hydrogen (secondary N) is 1. The first-order valence-electron chi connectivity index (χ1n) is 7.41. The standard InChI is InChI=1S/C17H18N4O2/c1-10(2)23-15-6-5-13(20-21-15)16(17(18)22)12-4-3-11-7-8-19-14(11)9-12/h3-10,16,19H,1-2H3,(H2,18,22). The van der Waals surface area contributed by atoms with E-state index in [1.165, 1.54) is 0 Å². The average molecular weight is 310 g/mol. The largest absolute Gasteiger partial charge is 0.474 e. The van der Waals surface area contributed by atoms with E-state index < -0.39 is 11.8 Å². The molecule has 1 aromatic carbocycles. The number of nitrogens with two attached hydrogens (primary N) is 1. The highest BCUT2D eigenvalue weighted by molar-refractivity contribution is 5.87. The molecule has 0 fully saturated rings. The lowest BCUT2D eigenvalue weighted by Gasteiger charge is -2.14. The number of rotatable bonds is 5. The molecule has 1 amide bonds. The number of benzene rings is 1. The van der Waals surface area contributed by atoms with Crippen LogP contribution in [0.15, 0.2) is 42.6 Å². The van der Waals surface area contributed by atoms with E-state index >= 15 is 0 Å². The Morgan fingerprint density at radius 1 is 1.17 bits per heavy atom. The fraction of sp³-hybridized carbons (Fsp3) is 0.235. The molecule has 2 aromatic heterocycles. The summed E-state index contributed by atoms with van der Waals surface area (Å²) in [6.45, 7) is 3.82. The van der Waals surface area contributed by atoms with E-state index in [-0.39, 0.29) is 6.10 Å². The van der Waals surface area contributed by atoms with Crippen molar-refractivity contribution in [1.82, 2.24) is 15.2 Å². The lowest BCUT2D eigenvalue weighted by Crippen LogP contribution is -2.23. The molecule has 0 saturated heterocycles. The van der Waals surface area contributed by atoms with Crippen molar-refractivity contribution in [3.63, 3.8) is 0 Å². The third-order valence-electron chi connectivity index (χ3n) is 3.51. The maximum absolute atomic E-state index is 12.0. The van der Waals surface area contributed by atoms with Crippen molar-refractivity contribution in [2.75, 3.05) is 0 Å². The van der Waals surface area contributed by atoms with Crippen LogP contribution in [-0.4, -0.2) is 27.2 Å². The Kier molecular flexibility index (Phi) is 3.97. The zero-order valence-corrected chi connectivity index (χ0v) is 13.0. The van der Waals surface area contributed by atoms with Crippen LogP contribution < -0.4 is 10.5 Å². The number of aromatic amines is 1. The van der Waals surface area contributed by atoms with Crippen molar-refractivity contribution < 1.29 is 9.53 Å². The zero-order valence-electron chi connectivity index (χ0n) is 13.0. The molecule has 0 bridgehead atoms. The molecule has 23 heavy (non-hydrogen) atoms. The van der Waals surface area contributed by atoms with Crippen molar-refractivity contribution in [3.05, 3.63) is 53.9 Å². The van der Waals surface area contributed by atoms with Gasteiger partial charge in [-0.2, -0.15) is 5.10 Å². The second-order valence-corrected chi connectivity index (χ2v) is 5.62. The molecule has 0 aliphatic carbocycles. The van der Waals surface area contributed by atoms with E-state index in [1.54, 1.807) is 12.1 Å². The maximum atomic E-state index is 12.0. The number of carbonyl (C=O) groups is 1. The highest BCUT2D eigenvalue weighted by atomic mass is 16.5. The summed E-state index contributed by atoms with van der Waals surface area (Å²) in [5.41, 5.74) is 7.81. The van der Waals surface area contributed by atoms with Gasteiger partial charge in [0.25, 0.3) is 0 Å². The SMILES string of the molecule is CC(C)Oc1ccc(C(C(N)=O)c2ccc3cc[nH]c3c2)nn1. The number of H-pyrrole nitrogens is 1. The first-order valence-corrected chi connectivity index (χ1v) is 7.41. The van der Waals surface area contributed by atoms with E-state index in [1.807, 2.05) is 44.3 Å². The fourth-order valence-electron chi connectivity index (χ4n) is 2.51. The fourth-order valence-corrected chi connectivity index (χ4v) is 2.51. The van der Waals surface area contributed by atoms with Gasteiger partial charge in [0.05, 0.1) is 11.8 Å². The van der Waals surface area contributed by atoms with Crippen LogP contribution in [0.2, 0.25) is 0 Å². The summed E-state index contributed by atoms with van der Waals surface area (Å²) in [6.07, 6.45) is 1.86. The quantitative estimate of drug-likeness (QED) is 0.756. The lowest BCUT2D eigenvalue weighted by atomic mass is 9.94. The van der Waals surface area contributed by atoms with Gasteiger partial charge in [0, 0.05) is 17.8 Å². The normalized spacial score (nSPS) is 12.5. The highest BCUT2D eigenvalue weighted by Gasteiger charge is 2.23. The minimum atomic E-state index is -0.650. The van der Waals surface area contributed by atoms with Crippen LogP contribution in [0.3, 0.4) is 0 Å². The molecule has 0 aliphatic heterocycles. The Morgan fingerprint density at radius 3 is 2.65 bits per heavy atom. The number of fused-ring (bicyclic) bond motifs is 1. The van der Waals surface area contributed by atoms with Gasteiger partial charge in [0.2, 0.25) is 11.8 Å². The number of aromatic nitrogens is 3. The Balaban J connectivity index is 1.96. The van der Waals surface area contributed by atoms with Crippen molar-refractivity contribution >= 4 is 16.8 Å². The number of carbonyl (C=O) groups excluding carboxylic acids is 1. The zero-order chi connectivity index (χ0) is 16.4. The minimum absolute atomic E-state index is 0.0115. The van der Waals surface area contributed by atoms with Crippen LogP contribution >= 0.6 is 0 Å². The molecule has 0 spiro atoms. The molecule has 1 unspecified atom stereocenters. The van der Waals surface area contributed by atoms with Crippen LogP contribution in [-0.2, 0) is 4.79 Å². The Bertz CT molecular complexity index is 824. The van der Waals surface area contributed by atoms with Crippen molar-refractivity contribution in [2.24, 2.45) is 5.73 Å². The van der Waals surface area contributed by atoms with E-state index in [9.17, 15) is 4.79 Å². The van der Waals surface area contributed by atoms with E-state index in [4.69, 9.17) is 10.5 Å². The number of amides is 1. The Morgan fingerprint density at radius 2 is 2.00 bits per heavy atom. The van der Waals surface area contributed by atoms with Crippen LogP contribution in [0.25, 0.3) is 10.9 Å². The van der Waals surface area contributed by atoms with Gasteiger partial charge >= 0.3 is 0 Å². The van der Waals surface area contributed by atoms with Gasteiger partial charge in [-0.25, -0.2) is 0 Å². The van der Waals surface area contributed by atoms with Crippen molar-refractivity contribution in [3.8, 4) is 5.88 Å². The molecule has 1 atom stereocenters. The maximum Gasteiger partial charge on any atom is 0.233 e. The summed E-state index contributed by atoms with van der Waals surface area (Å²) in [5.74, 6) is -0.696. The van der Waals surface area contributed by atoms with Gasteiger partial charge in [-0.3, -0.25) is 4.79 Å². The molecule has 3 N–H and O–H groups in total. The van der Waals surface area contributed by atoms with Crippen LogP contribution in [0.1, 0.15) is 31.0 Å². The molecular formula is C17H18N4O2. The Labute approximate surface area is 133 Å². The van der Waals surface area contributed by atoms with Gasteiger partial charge in [-0.15, -0.1) is 5.10 Å². The summed E-state index contributed by atoms with van der Waals surface area (Å²) >= 11 is 0. The molecule has 3 aromatic rings. The molecular weight excluding hydrogens is 292 g/mol. The van der Waals surface area contributed by atoms with E-state index in [2.05, 4.69) is 15.2 Å². The van der Waals surface area contributed by atoms with Gasteiger partial charge in [0.15, 0.2) is 0 Å². The molecule has 0 radical (unpaired) electrons. The number of hydrogen-bond acceptors (Lipinski definition) is 4. The lowest BCUT2D eigenvalue weighted by molar-refractivity contribution is -0.118. The van der Waals surface area contributed by atoms with Crippen molar-refractivity contribution in [1.29, 1.82) is 0 Å². The van der Waals surface area contributed by atoms with E-state index in [0.717, 1.165) is 16.5 Å². The monoisotopic (exact) mass is 310 g/mol. The predicted molar refractivity (Wildman–Crippen MR) is 87.1 cm³/mol. The summed E-state index contributed by atoms with van der Waals surface area (Å²) in [7, 11) is 0. The minimum Gasteiger partial charge on any atom is -0.474 e. The third-order valence-corrected chi connectivity index (χ3v) is 3.51. The predicted octanol–water partition coefficient (Wildman–Crippen LogP) is 2.36. The van der Waals surface area contributed by atoms with Gasteiger partial charge in [-0.05, 0) is 43.0 Å². The third kappa shape index (κ3) is 3.15. The summed E-state index contributed by atoms with van der Waals surface area (Å²) in [5, 5.41) is 9.20. The van der Waals surface area contributed by atoms with Crippen LogP contribution in [0.5, 0.6) is 5.88 Å². The van der Waals surface area contributed by atoms with Crippen LogP contribution in [0, 0.1) is 0 Å². The second kappa shape index (κ2) is 6.08. The first kappa shape index (κ1) is 15.0. The molecule has 2 heterocycles. The summed E-state index contributed by atoms with van der Waals surface area (Å²) in [6, 6.07) is 11.1. The van der Waals surface area contributed by atoms with Crippen LogP contribution in [0.4, 0.5) is 0 Å². The molecule has 6 nitrogen and oxygen atoms in total. The molecule has 3 rings (SSSR count).